The van der Waals surface area contributed by atoms with E-state index >= 15 is 0 Å². The fourth-order valence-electron chi connectivity index (χ4n) is 2.94. The van der Waals surface area contributed by atoms with Crippen molar-refractivity contribution in [3.63, 3.8) is 0 Å². The number of hydrogen-bond acceptors (Lipinski definition) is 2. The monoisotopic (exact) mass is 292 g/mol. The van der Waals surface area contributed by atoms with Gasteiger partial charge in [0.25, 0.3) is 0 Å². The second kappa shape index (κ2) is 6.18. The Bertz CT molecular complexity index is 781. The van der Waals surface area contributed by atoms with Gasteiger partial charge in [-0.2, -0.15) is 0 Å². The number of allylic oxidation sites excluding steroid dienone is 2. The normalized spacial score (nSPS) is 16.6. The Morgan fingerprint density at radius 1 is 1.05 bits per heavy atom. The van der Waals surface area contributed by atoms with Crippen molar-refractivity contribution >= 4 is 22.3 Å². The maximum absolute atomic E-state index is 12.4. The van der Waals surface area contributed by atoms with Gasteiger partial charge in [0.15, 0.2) is 0 Å². The average molecular weight is 292 g/mol. The highest BCUT2D eigenvalue weighted by Gasteiger charge is 2.29. The molecule has 112 valence electrons. The molecule has 2 heteroatoms. The van der Waals surface area contributed by atoms with Crippen molar-refractivity contribution in [3.8, 4) is 0 Å². The number of carbonyl (C=O) groups is 1. The topological polar surface area (TPSA) is 26.3 Å². The summed E-state index contributed by atoms with van der Waals surface area (Å²) < 4.78 is 5.49. The van der Waals surface area contributed by atoms with Gasteiger partial charge < -0.3 is 4.74 Å². The Morgan fingerprint density at radius 3 is 2.55 bits per heavy atom. The van der Waals surface area contributed by atoms with Crippen LogP contribution >= 0.6 is 0 Å². The quantitative estimate of drug-likeness (QED) is 0.720. The van der Waals surface area contributed by atoms with Gasteiger partial charge in [0.1, 0.15) is 5.76 Å². The molecule has 1 aliphatic rings. The first-order valence-corrected chi connectivity index (χ1v) is 7.89. The molecule has 1 aliphatic heterocycles. The lowest BCUT2D eigenvalue weighted by molar-refractivity contribution is -0.131. The van der Waals surface area contributed by atoms with Crippen LogP contribution in [0.1, 0.15) is 38.7 Å². The summed E-state index contributed by atoms with van der Waals surface area (Å²) in [4.78, 5) is 12.4. The molecule has 0 unspecified atom stereocenters. The summed E-state index contributed by atoms with van der Waals surface area (Å²) in [5, 5.41) is 2.32. The predicted octanol–water partition coefficient (Wildman–Crippen LogP) is 5.24. The molecule has 0 fully saturated rings. The lowest BCUT2D eigenvalue weighted by Gasteiger charge is -2.05. The van der Waals surface area contributed by atoms with Gasteiger partial charge in [-0.25, -0.2) is 4.79 Å². The molecule has 0 radical (unpaired) electrons. The molecule has 1 heterocycles. The molecular weight excluding hydrogens is 272 g/mol. The smallest absolute Gasteiger partial charge is 0.344 e. The van der Waals surface area contributed by atoms with Crippen LogP contribution in [0.3, 0.4) is 0 Å². The number of fused-ring (bicyclic) bond motifs is 1. The van der Waals surface area contributed by atoms with E-state index in [2.05, 4.69) is 38.1 Å². The van der Waals surface area contributed by atoms with Gasteiger partial charge in [-0.1, -0.05) is 56.7 Å². The Morgan fingerprint density at radius 2 is 1.82 bits per heavy atom. The fraction of sp³-hybridized carbons (Fsp3) is 0.250. The van der Waals surface area contributed by atoms with Crippen LogP contribution in [-0.4, -0.2) is 5.97 Å². The van der Waals surface area contributed by atoms with E-state index in [0.29, 0.717) is 0 Å². The minimum atomic E-state index is -0.224. The van der Waals surface area contributed by atoms with Crippen molar-refractivity contribution in [3.05, 3.63) is 65.4 Å². The summed E-state index contributed by atoms with van der Waals surface area (Å²) >= 11 is 0. The number of hydrogen-bond donors (Lipinski definition) is 0. The standard InChI is InChI=1S/C20H20O2/c1-3-7-17-18(8-4-2)22-20(21)19(17)16-12-11-14-9-5-6-10-15(14)13-16/h5-6,8-13H,3-4,7H2,1-2H3/b18-8-. The van der Waals surface area contributed by atoms with Gasteiger partial charge >= 0.3 is 5.97 Å². The summed E-state index contributed by atoms with van der Waals surface area (Å²) in [6, 6.07) is 14.4. The van der Waals surface area contributed by atoms with Gasteiger partial charge in [-0.15, -0.1) is 0 Å². The van der Waals surface area contributed by atoms with Crippen LogP contribution in [0.25, 0.3) is 16.3 Å². The summed E-state index contributed by atoms with van der Waals surface area (Å²) in [6.45, 7) is 4.18. The minimum absolute atomic E-state index is 0.224. The second-order valence-corrected chi connectivity index (χ2v) is 5.53. The SMILES string of the molecule is CC/C=C1\OC(=O)C(c2ccc3ccccc3c2)=C1CCC. The molecule has 2 aromatic carbocycles. The van der Waals surface area contributed by atoms with Crippen molar-refractivity contribution in [2.45, 2.75) is 33.1 Å². The van der Waals surface area contributed by atoms with Crippen LogP contribution in [-0.2, 0) is 9.53 Å². The highest BCUT2D eigenvalue weighted by molar-refractivity contribution is 6.21. The van der Waals surface area contributed by atoms with Gasteiger partial charge in [0.2, 0.25) is 0 Å². The second-order valence-electron chi connectivity index (χ2n) is 5.53. The van der Waals surface area contributed by atoms with Crippen molar-refractivity contribution in [1.82, 2.24) is 0 Å². The highest BCUT2D eigenvalue weighted by Crippen LogP contribution is 2.36. The molecule has 2 nitrogen and oxygen atoms in total. The van der Waals surface area contributed by atoms with Gasteiger partial charge in [-0.05, 0) is 41.3 Å². The van der Waals surface area contributed by atoms with Crippen LogP contribution in [0.2, 0.25) is 0 Å². The third kappa shape index (κ3) is 2.57. The third-order valence-electron chi connectivity index (χ3n) is 3.93. The molecule has 0 saturated heterocycles. The number of ether oxygens (including phenoxy) is 1. The first-order chi connectivity index (χ1) is 10.7. The van der Waals surface area contributed by atoms with Gasteiger partial charge in [0, 0.05) is 5.57 Å². The Labute approximate surface area is 131 Å². The van der Waals surface area contributed by atoms with Crippen molar-refractivity contribution < 1.29 is 9.53 Å². The van der Waals surface area contributed by atoms with E-state index in [9.17, 15) is 4.79 Å². The number of rotatable bonds is 4. The third-order valence-corrected chi connectivity index (χ3v) is 3.93. The zero-order chi connectivity index (χ0) is 15.5. The molecule has 0 aromatic heterocycles. The molecule has 22 heavy (non-hydrogen) atoms. The van der Waals surface area contributed by atoms with E-state index in [4.69, 9.17) is 4.74 Å². The first kappa shape index (κ1) is 14.6. The first-order valence-electron chi connectivity index (χ1n) is 7.89. The van der Waals surface area contributed by atoms with Crippen molar-refractivity contribution in [2.24, 2.45) is 0 Å². The van der Waals surface area contributed by atoms with E-state index in [1.807, 2.05) is 24.3 Å². The molecule has 0 amide bonds. The van der Waals surface area contributed by atoms with E-state index in [-0.39, 0.29) is 5.97 Å². The van der Waals surface area contributed by atoms with E-state index in [1.165, 1.54) is 5.39 Å². The molecule has 0 spiro atoms. The Kier molecular flexibility index (Phi) is 4.10. The number of esters is 1. The van der Waals surface area contributed by atoms with Crippen LogP contribution < -0.4 is 0 Å². The molecule has 0 bridgehead atoms. The molecule has 3 rings (SSSR count). The molecule has 0 N–H and O–H groups in total. The van der Waals surface area contributed by atoms with E-state index < -0.39 is 0 Å². The lowest BCUT2D eigenvalue weighted by Crippen LogP contribution is -1.98. The average Bonchev–Trinajstić information content (AvgIpc) is 2.83. The molecule has 0 atom stereocenters. The highest BCUT2D eigenvalue weighted by atomic mass is 16.5. The molecule has 2 aromatic rings. The molecular formula is C20H20O2. The summed E-state index contributed by atoms with van der Waals surface area (Å²) in [5.74, 6) is 0.524. The number of benzene rings is 2. The van der Waals surface area contributed by atoms with Crippen LogP contribution in [0, 0.1) is 0 Å². The minimum Gasteiger partial charge on any atom is -0.423 e. The predicted molar refractivity (Wildman–Crippen MR) is 90.2 cm³/mol. The van der Waals surface area contributed by atoms with Gasteiger partial charge in [-0.3, -0.25) is 0 Å². The molecule has 0 aliphatic carbocycles. The Balaban J connectivity index is 2.16. The van der Waals surface area contributed by atoms with E-state index in [1.54, 1.807) is 0 Å². The summed E-state index contributed by atoms with van der Waals surface area (Å²) in [5.41, 5.74) is 2.73. The molecule has 0 saturated carbocycles. The Hall–Kier alpha value is -2.35. The summed E-state index contributed by atoms with van der Waals surface area (Å²) in [7, 11) is 0. The number of carbonyl (C=O) groups excluding carboxylic acids is 1. The van der Waals surface area contributed by atoms with Crippen LogP contribution in [0.15, 0.2) is 59.9 Å². The van der Waals surface area contributed by atoms with E-state index in [0.717, 1.165) is 47.1 Å². The maximum atomic E-state index is 12.4. The van der Waals surface area contributed by atoms with Crippen molar-refractivity contribution in [2.75, 3.05) is 0 Å². The van der Waals surface area contributed by atoms with Crippen LogP contribution in [0.4, 0.5) is 0 Å². The van der Waals surface area contributed by atoms with Crippen molar-refractivity contribution in [1.29, 1.82) is 0 Å². The largest absolute Gasteiger partial charge is 0.423 e. The maximum Gasteiger partial charge on any atom is 0.344 e. The van der Waals surface area contributed by atoms with Gasteiger partial charge in [0.05, 0.1) is 5.57 Å². The summed E-state index contributed by atoms with van der Waals surface area (Å²) in [6.07, 6.45) is 4.71. The zero-order valence-electron chi connectivity index (χ0n) is 13.1. The lowest BCUT2D eigenvalue weighted by atomic mass is 9.95. The van der Waals surface area contributed by atoms with Crippen LogP contribution in [0.5, 0.6) is 0 Å². The fourth-order valence-corrected chi connectivity index (χ4v) is 2.94. The zero-order valence-corrected chi connectivity index (χ0v) is 13.1. The number of cyclic esters (lactones) is 1.